The topological polar surface area (TPSA) is 63.9 Å². The summed E-state index contributed by atoms with van der Waals surface area (Å²) in [5.74, 6) is 0.824. The van der Waals surface area contributed by atoms with Crippen LogP contribution in [0.3, 0.4) is 0 Å². The minimum absolute atomic E-state index is 0.475. The largest absolute Gasteiger partial charge is 0.497 e. The molecule has 1 aromatic carbocycles. The molecule has 0 bridgehead atoms. The van der Waals surface area contributed by atoms with E-state index in [0.29, 0.717) is 6.54 Å². The van der Waals surface area contributed by atoms with Crippen molar-refractivity contribution >= 4 is 0 Å². The summed E-state index contributed by atoms with van der Waals surface area (Å²) in [5.41, 5.74) is 8.60. The van der Waals surface area contributed by atoms with Crippen molar-refractivity contribution < 1.29 is 4.74 Å². The molecule has 1 aromatic heterocycles. The normalized spacial score (nSPS) is 10.3. The fourth-order valence-corrected chi connectivity index (χ4v) is 1.49. The van der Waals surface area contributed by atoms with Gasteiger partial charge in [-0.2, -0.15) is 5.10 Å². The van der Waals surface area contributed by atoms with Crippen LogP contribution in [-0.2, 0) is 6.54 Å². The SMILES string of the molecule is COc1cccc(-c2[nH]ncc2CN)c1. The molecular formula is C11H13N3O. The van der Waals surface area contributed by atoms with Gasteiger partial charge in [-0.15, -0.1) is 0 Å². The fourth-order valence-electron chi connectivity index (χ4n) is 1.49. The summed E-state index contributed by atoms with van der Waals surface area (Å²) in [4.78, 5) is 0. The van der Waals surface area contributed by atoms with Crippen LogP contribution in [-0.4, -0.2) is 17.3 Å². The van der Waals surface area contributed by atoms with Gasteiger partial charge in [0.15, 0.2) is 0 Å². The number of H-pyrrole nitrogens is 1. The van der Waals surface area contributed by atoms with Crippen LogP contribution in [0.25, 0.3) is 11.3 Å². The number of benzene rings is 1. The van der Waals surface area contributed by atoms with Crippen LogP contribution in [0.15, 0.2) is 30.5 Å². The van der Waals surface area contributed by atoms with E-state index in [4.69, 9.17) is 10.5 Å². The van der Waals surface area contributed by atoms with Crippen molar-refractivity contribution in [3.63, 3.8) is 0 Å². The molecule has 0 amide bonds. The van der Waals surface area contributed by atoms with Gasteiger partial charge in [-0.1, -0.05) is 12.1 Å². The van der Waals surface area contributed by atoms with Gasteiger partial charge in [-0.05, 0) is 12.1 Å². The molecule has 2 rings (SSSR count). The summed E-state index contributed by atoms with van der Waals surface area (Å²) in [5, 5.41) is 6.92. The number of nitrogens with zero attached hydrogens (tertiary/aromatic N) is 1. The Kier molecular flexibility index (Phi) is 2.69. The molecule has 4 nitrogen and oxygen atoms in total. The zero-order valence-corrected chi connectivity index (χ0v) is 8.53. The predicted octanol–water partition coefficient (Wildman–Crippen LogP) is 1.54. The molecule has 4 heteroatoms. The van der Waals surface area contributed by atoms with Crippen molar-refractivity contribution in [3.8, 4) is 17.0 Å². The molecular weight excluding hydrogens is 190 g/mol. The van der Waals surface area contributed by atoms with Crippen LogP contribution < -0.4 is 10.5 Å². The minimum Gasteiger partial charge on any atom is -0.497 e. The summed E-state index contributed by atoms with van der Waals surface area (Å²) in [6, 6.07) is 7.79. The maximum atomic E-state index is 5.61. The van der Waals surface area contributed by atoms with Crippen LogP contribution in [0.4, 0.5) is 0 Å². The number of nitrogens with two attached hydrogens (primary N) is 1. The van der Waals surface area contributed by atoms with Crippen LogP contribution in [0.2, 0.25) is 0 Å². The second-order valence-corrected chi connectivity index (χ2v) is 3.21. The van der Waals surface area contributed by atoms with Gasteiger partial charge in [-0.25, -0.2) is 0 Å². The van der Waals surface area contributed by atoms with Gasteiger partial charge >= 0.3 is 0 Å². The van der Waals surface area contributed by atoms with E-state index in [9.17, 15) is 0 Å². The average Bonchev–Trinajstić information content (AvgIpc) is 2.77. The Morgan fingerprint density at radius 3 is 3.07 bits per heavy atom. The molecule has 0 fully saturated rings. The van der Waals surface area contributed by atoms with E-state index in [2.05, 4.69) is 10.2 Å². The predicted molar refractivity (Wildman–Crippen MR) is 58.5 cm³/mol. The molecule has 0 aliphatic rings. The first kappa shape index (κ1) is 9.73. The number of rotatable bonds is 3. The van der Waals surface area contributed by atoms with E-state index >= 15 is 0 Å². The molecule has 0 aliphatic carbocycles. The molecule has 0 saturated carbocycles. The number of hydrogen-bond acceptors (Lipinski definition) is 3. The third kappa shape index (κ3) is 1.85. The Balaban J connectivity index is 2.44. The van der Waals surface area contributed by atoms with E-state index in [1.54, 1.807) is 13.3 Å². The van der Waals surface area contributed by atoms with Crippen molar-refractivity contribution in [2.24, 2.45) is 5.73 Å². The van der Waals surface area contributed by atoms with Crippen molar-refractivity contribution in [1.82, 2.24) is 10.2 Å². The van der Waals surface area contributed by atoms with E-state index in [1.165, 1.54) is 0 Å². The van der Waals surface area contributed by atoms with Gasteiger partial charge in [0.25, 0.3) is 0 Å². The first-order valence-electron chi connectivity index (χ1n) is 4.72. The maximum absolute atomic E-state index is 5.61. The fraction of sp³-hybridized carbons (Fsp3) is 0.182. The highest BCUT2D eigenvalue weighted by atomic mass is 16.5. The minimum atomic E-state index is 0.475. The zero-order chi connectivity index (χ0) is 10.7. The number of aromatic amines is 1. The van der Waals surface area contributed by atoms with Gasteiger partial charge in [0.05, 0.1) is 19.0 Å². The first-order chi connectivity index (χ1) is 7.35. The molecule has 0 saturated heterocycles. The third-order valence-electron chi connectivity index (χ3n) is 2.30. The Hall–Kier alpha value is -1.81. The highest BCUT2D eigenvalue weighted by molar-refractivity contribution is 5.64. The molecule has 0 radical (unpaired) electrons. The molecule has 0 unspecified atom stereocenters. The summed E-state index contributed by atoms with van der Waals surface area (Å²) in [7, 11) is 1.65. The number of nitrogens with one attached hydrogen (secondary N) is 1. The first-order valence-corrected chi connectivity index (χ1v) is 4.72. The number of methoxy groups -OCH3 is 1. The van der Waals surface area contributed by atoms with Crippen molar-refractivity contribution in [2.75, 3.05) is 7.11 Å². The van der Waals surface area contributed by atoms with Crippen molar-refractivity contribution in [2.45, 2.75) is 6.54 Å². The smallest absolute Gasteiger partial charge is 0.119 e. The van der Waals surface area contributed by atoms with E-state index in [-0.39, 0.29) is 0 Å². The Morgan fingerprint density at radius 1 is 1.47 bits per heavy atom. The van der Waals surface area contributed by atoms with Crippen LogP contribution in [0, 0.1) is 0 Å². The molecule has 3 N–H and O–H groups in total. The molecule has 78 valence electrons. The third-order valence-corrected chi connectivity index (χ3v) is 2.30. The van der Waals surface area contributed by atoms with E-state index < -0.39 is 0 Å². The molecule has 0 atom stereocenters. The lowest BCUT2D eigenvalue weighted by atomic mass is 10.1. The summed E-state index contributed by atoms with van der Waals surface area (Å²) in [6.45, 7) is 0.475. The lowest BCUT2D eigenvalue weighted by Crippen LogP contribution is -1.96. The van der Waals surface area contributed by atoms with Crippen molar-refractivity contribution in [3.05, 3.63) is 36.0 Å². The van der Waals surface area contributed by atoms with Gasteiger partial charge in [0.2, 0.25) is 0 Å². The monoisotopic (exact) mass is 203 g/mol. The Labute approximate surface area is 88.1 Å². The van der Waals surface area contributed by atoms with Gasteiger partial charge < -0.3 is 10.5 Å². The van der Waals surface area contributed by atoms with Crippen LogP contribution in [0.5, 0.6) is 5.75 Å². The van der Waals surface area contributed by atoms with E-state index in [1.807, 2.05) is 24.3 Å². The number of aromatic nitrogens is 2. The number of hydrogen-bond donors (Lipinski definition) is 2. The summed E-state index contributed by atoms with van der Waals surface area (Å²) < 4.78 is 5.16. The molecule has 15 heavy (non-hydrogen) atoms. The highest BCUT2D eigenvalue weighted by Crippen LogP contribution is 2.24. The summed E-state index contributed by atoms with van der Waals surface area (Å²) >= 11 is 0. The Bertz CT molecular complexity index is 451. The van der Waals surface area contributed by atoms with E-state index in [0.717, 1.165) is 22.6 Å². The Morgan fingerprint density at radius 2 is 2.33 bits per heavy atom. The molecule has 0 aliphatic heterocycles. The molecule has 2 aromatic rings. The second-order valence-electron chi connectivity index (χ2n) is 3.21. The zero-order valence-electron chi connectivity index (χ0n) is 8.53. The molecule has 0 spiro atoms. The standard InChI is InChI=1S/C11H13N3O/c1-15-10-4-2-3-8(5-10)11-9(6-12)7-13-14-11/h2-5,7H,6,12H2,1H3,(H,13,14). The average molecular weight is 203 g/mol. The summed E-state index contributed by atoms with van der Waals surface area (Å²) in [6.07, 6.45) is 1.74. The molecule has 1 heterocycles. The van der Waals surface area contributed by atoms with Crippen LogP contribution in [0.1, 0.15) is 5.56 Å². The highest BCUT2D eigenvalue weighted by Gasteiger charge is 2.06. The maximum Gasteiger partial charge on any atom is 0.119 e. The van der Waals surface area contributed by atoms with Gasteiger partial charge in [-0.3, -0.25) is 5.10 Å². The van der Waals surface area contributed by atoms with Gasteiger partial charge in [0.1, 0.15) is 5.75 Å². The number of ether oxygens (including phenoxy) is 1. The lowest BCUT2D eigenvalue weighted by Gasteiger charge is -2.04. The lowest BCUT2D eigenvalue weighted by molar-refractivity contribution is 0.415. The quantitative estimate of drug-likeness (QED) is 0.795. The van der Waals surface area contributed by atoms with Crippen molar-refractivity contribution in [1.29, 1.82) is 0 Å². The van der Waals surface area contributed by atoms with Crippen LogP contribution >= 0.6 is 0 Å². The van der Waals surface area contributed by atoms with Gasteiger partial charge in [0, 0.05) is 17.7 Å². The second kappa shape index (κ2) is 4.14.